The Morgan fingerprint density at radius 2 is 1.63 bits per heavy atom. The average molecular weight is 611 g/mol. The molecule has 4 fully saturated rings. The van der Waals surface area contributed by atoms with E-state index in [0.717, 1.165) is 7.11 Å². The largest absolute Gasteiger partial charge is 0.514 e. The number of rotatable bonds is 5. The quantitative estimate of drug-likeness (QED) is 0.337. The molecule has 2 saturated heterocycles. The zero-order valence-electron chi connectivity index (χ0n) is 25.1. The standard InChI is InChI=1S/C29H38O14/c1-11(2)39-25(35)42-18-13(5)14-8-16-28-10-38-29(24(34)37-7,22(32)17(31)20(28)27(14,6)9-15(18)30)21(28)19(23(33)41-16)43-26(36)40-12(3)4/h11-12,14,16-17,19-22,31-32H,8-10H2,1-7H3/t14-,16+,17+,19+,20+,21+,22-,27-,28+,29-/m0/s1. The monoisotopic (exact) mass is 610 g/mol. The number of allylic oxidation sites excluding steroid dienone is 2. The van der Waals surface area contributed by atoms with Crippen LogP contribution in [0.3, 0.4) is 0 Å². The minimum atomic E-state index is -2.30. The fourth-order valence-corrected chi connectivity index (χ4v) is 8.61. The molecule has 2 heterocycles. The van der Waals surface area contributed by atoms with Crippen molar-refractivity contribution in [2.24, 2.45) is 28.6 Å². The Morgan fingerprint density at radius 3 is 2.23 bits per heavy atom. The lowest BCUT2D eigenvalue weighted by Crippen LogP contribution is -2.79. The SMILES string of the molecule is COC(=O)[C@@]12OC[C@]34[C@H]([C@@H](O)[C@@H]1O)[C@@]1(C)CC(=O)C(OC(=O)OC(C)C)=C(C)[C@@H]1C[C@H]3OC(=O)[C@H](OC(=O)OC(C)C)[C@@H]24. The Morgan fingerprint density at radius 1 is 1.00 bits per heavy atom. The van der Waals surface area contributed by atoms with Crippen molar-refractivity contribution in [3.63, 3.8) is 0 Å². The van der Waals surface area contributed by atoms with Crippen molar-refractivity contribution in [1.82, 2.24) is 0 Å². The number of fused-ring (bicyclic) bond motifs is 2. The summed E-state index contributed by atoms with van der Waals surface area (Å²) < 4.78 is 37.9. The molecule has 2 N–H and O–H groups in total. The minimum Gasteiger partial charge on any atom is -0.467 e. The van der Waals surface area contributed by atoms with Gasteiger partial charge < -0.3 is 43.4 Å². The summed E-state index contributed by atoms with van der Waals surface area (Å²) in [5.41, 5.74) is -4.43. The van der Waals surface area contributed by atoms with Gasteiger partial charge in [-0.15, -0.1) is 0 Å². The summed E-state index contributed by atoms with van der Waals surface area (Å²) in [6, 6.07) is 0. The van der Waals surface area contributed by atoms with E-state index in [1.54, 1.807) is 41.5 Å². The molecule has 0 aromatic carbocycles. The Balaban J connectivity index is 1.65. The highest BCUT2D eigenvalue weighted by Gasteiger charge is 2.85. The van der Waals surface area contributed by atoms with Crippen LogP contribution in [0.2, 0.25) is 0 Å². The number of ether oxygens (including phenoxy) is 7. The van der Waals surface area contributed by atoms with E-state index in [4.69, 9.17) is 33.2 Å². The molecule has 5 rings (SSSR count). The molecule has 10 atom stereocenters. The third kappa shape index (κ3) is 4.27. The molecule has 14 heteroatoms. The molecule has 14 nitrogen and oxygen atoms in total. The lowest BCUT2D eigenvalue weighted by atomic mass is 9.38. The molecule has 0 aromatic heterocycles. The van der Waals surface area contributed by atoms with Gasteiger partial charge >= 0.3 is 24.2 Å². The summed E-state index contributed by atoms with van der Waals surface area (Å²) in [4.78, 5) is 65.5. The minimum absolute atomic E-state index is 0.0903. The molecule has 0 unspecified atom stereocenters. The van der Waals surface area contributed by atoms with Gasteiger partial charge in [-0.3, -0.25) is 4.79 Å². The van der Waals surface area contributed by atoms with Crippen molar-refractivity contribution in [1.29, 1.82) is 0 Å². The second kappa shape index (κ2) is 10.4. The van der Waals surface area contributed by atoms with Crippen molar-refractivity contribution < 1.29 is 67.3 Å². The van der Waals surface area contributed by atoms with E-state index in [9.17, 15) is 34.2 Å². The molecule has 1 spiro atoms. The molecule has 3 aliphatic carbocycles. The van der Waals surface area contributed by atoms with Gasteiger partial charge in [0.15, 0.2) is 11.5 Å². The van der Waals surface area contributed by atoms with Gasteiger partial charge in [0.1, 0.15) is 12.2 Å². The first-order valence-corrected chi connectivity index (χ1v) is 14.3. The van der Waals surface area contributed by atoms with Crippen LogP contribution in [0.5, 0.6) is 0 Å². The van der Waals surface area contributed by atoms with E-state index in [2.05, 4.69) is 0 Å². The zero-order chi connectivity index (χ0) is 31.8. The number of esters is 2. The Bertz CT molecular complexity index is 1270. The van der Waals surface area contributed by atoms with Gasteiger partial charge in [0.2, 0.25) is 11.7 Å². The predicted octanol–water partition coefficient (Wildman–Crippen LogP) is 1.57. The summed E-state index contributed by atoms with van der Waals surface area (Å²) in [6.07, 6.45) is -9.88. The van der Waals surface area contributed by atoms with Crippen LogP contribution in [-0.2, 0) is 47.5 Å². The summed E-state index contributed by atoms with van der Waals surface area (Å²) >= 11 is 0. The maximum Gasteiger partial charge on any atom is 0.514 e. The normalized spacial score (nSPS) is 41.2. The van der Waals surface area contributed by atoms with Gasteiger partial charge in [-0.1, -0.05) is 6.92 Å². The average Bonchev–Trinajstić information content (AvgIpc) is 3.21. The third-order valence-electron chi connectivity index (χ3n) is 9.89. The van der Waals surface area contributed by atoms with E-state index in [-0.39, 0.29) is 25.2 Å². The smallest absolute Gasteiger partial charge is 0.467 e. The molecule has 0 radical (unpaired) electrons. The highest BCUT2D eigenvalue weighted by atomic mass is 16.7. The van der Waals surface area contributed by atoms with Gasteiger partial charge in [-0.2, -0.15) is 0 Å². The van der Waals surface area contributed by atoms with Crippen LogP contribution in [0, 0.1) is 28.6 Å². The third-order valence-corrected chi connectivity index (χ3v) is 9.89. The zero-order valence-corrected chi connectivity index (χ0v) is 25.1. The first-order chi connectivity index (χ1) is 20.1. The number of carbonyl (C=O) groups is 5. The predicted molar refractivity (Wildman–Crippen MR) is 140 cm³/mol. The lowest BCUT2D eigenvalue weighted by molar-refractivity contribution is -0.289. The van der Waals surface area contributed by atoms with Crippen molar-refractivity contribution in [2.45, 2.75) is 96.6 Å². The maximum atomic E-state index is 13.6. The maximum absolute atomic E-state index is 13.6. The van der Waals surface area contributed by atoms with Crippen LogP contribution < -0.4 is 0 Å². The molecule has 2 bridgehead atoms. The summed E-state index contributed by atoms with van der Waals surface area (Å²) in [5.74, 6) is -5.77. The van der Waals surface area contributed by atoms with Crippen LogP contribution in [0.15, 0.2) is 11.3 Å². The Labute approximate surface area is 247 Å². The van der Waals surface area contributed by atoms with Crippen molar-refractivity contribution in [3.05, 3.63) is 11.3 Å². The Kier molecular flexibility index (Phi) is 7.58. The van der Waals surface area contributed by atoms with Gasteiger partial charge in [0, 0.05) is 17.8 Å². The van der Waals surface area contributed by atoms with E-state index in [1.807, 2.05) is 0 Å². The summed E-state index contributed by atoms with van der Waals surface area (Å²) in [6.45, 7) is 9.50. The first-order valence-electron chi connectivity index (χ1n) is 14.3. The molecule has 238 valence electrons. The fraction of sp³-hybridized carbons (Fsp3) is 0.759. The second-order valence-corrected chi connectivity index (χ2v) is 12.9. The number of Topliss-reactive ketones (excluding diaryl/α,β-unsaturated/α-hetero) is 1. The van der Waals surface area contributed by atoms with Gasteiger partial charge in [-0.25, -0.2) is 19.2 Å². The molecule has 43 heavy (non-hydrogen) atoms. The molecule has 2 aliphatic heterocycles. The lowest BCUT2D eigenvalue weighted by Gasteiger charge is -2.67. The van der Waals surface area contributed by atoms with Gasteiger partial charge in [-0.05, 0) is 57.9 Å². The molecule has 2 saturated carbocycles. The van der Waals surface area contributed by atoms with E-state index < -0.39 is 101 Å². The van der Waals surface area contributed by atoms with Crippen molar-refractivity contribution >= 4 is 30.0 Å². The van der Waals surface area contributed by atoms with Gasteiger partial charge in [0.25, 0.3) is 0 Å². The van der Waals surface area contributed by atoms with Crippen LogP contribution in [-0.4, -0.2) is 96.2 Å². The molecule has 0 aromatic rings. The number of aliphatic hydroxyl groups excluding tert-OH is 2. The molecular weight excluding hydrogens is 572 g/mol. The van der Waals surface area contributed by atoms with E-state index in [1.165, 1.54) is 0 Å². The highest BCUT2D eigenvalue weighted by molar-refractivity contribution is 5.97. The summed E-state index contributed by atoms with van der Waals surface area (Å²) in [5, 5.41) is 23.5. The topological polar surface area (TPSA) is 190 Å². The van der Waals surface area contributed by atoms with E-state index >= 15 is 0 Å². The fourth-order valence-electron chi connectivity index (χ4n) is 8.61. The molecule has 0 amide bonds. The number of aliphatic hydroxyl groups is 2. The van der Waals surface area contributed by atoms with E-state index in [0.29, 0.717) is 5.57 Å². The second-order valence-electron chi connectivity index (χ2n) is 12.9. The number of hydrogen-bond acceptors (Lipinski definition) is 14. The summed E-state index contributed by atoms with van der Waals surface area (Å²) in [7, 11) is 1.07. The van der Waals surface area contributed by atoms with Crippen LogP contribution >= 0.6 is 0 Å². The Hall–Kier alpha value is -3.23. The number of carbonyl (C=O) groups excluding carboxylic acids is 5. The number of hydrogen-bond donors (Lipinski definition) is 2. The number of ketones is 1. The number of methoxy groups -OCH3 is 1. The van der Waals surface area contributed by atoms with Crippen molar-refractivity contribution in [2.75, 3.05) is 13.7 Å². The van der Waals surface area contributed by atoms with Gasteiger partial charge in [0.05, 0.1) is 37.9 Å². The molecular formula is C29H38O14. The molecule has 5 aliphatic rings. The van der Waals surface area contributed by atoms with Crippen molar-refractivity contribution in [3.8, 4) is 0 Å². The first kappa shape index (κ1) is 31.2. The van der Waals surface area contributed by atoms with Crippen LogP contribution in [0.4, 0.5) is 9.59 Å². The van der Waals surface area contributed by atoms with Crippen LogP contribution in [0.1, 0.15) is 54.4 Å². The van der Waals surface area contributed by atoms with Crippen LogP contribution in [0.25, 0.3) is 0 Å². The highest BCUT2D eigenvalue weighted by Crippen LogP contribution is 2.72.